The zero-order chi connectivity index (χ0) is 13.9. The Hall–Kier alpha value is -1.04. The fourth-order valence-electron chi connectivity index (χ4n) is 2.26. The van der Waals surface area contributed by atoms with E-state index < -0.39 is 0 Å². The molecule has 0 saturated heterocycles. The van der Waals surface area contributed by atoms with Crippen LogP contribution in [-0.4, -0.2) is 29.9 Å². The molecule has 0 aromatic heterocycles. The molecule has 3 rings (SSSR count). The van der Waals surface area contributed by atoms with E-state index in [1.54, 1.807) is 0 Å². The van der Waals surface area contributed by atoms with Gasteiger partial charge in [0.05, 0.1) is 0 Å². The van der Waals surface area contributed by atoms with Crippen molar-refractivity contribution in [3.8, 4) is 0 Å². The zero-order valence-electron chi connectivity index (χ0n) is 11.6. The van der Waals surface area contributed by atoms with Crippen LogP contribution in [0.15, 0.2) is 60.7 Å². The Morgan fingerprint density at radius 2 is 1.40 bits per heavy atom. The van der Waals surface area contributed by atoms with Crippen LogP contribution >= 0.6 is 0 Å². The van der Waals surface area contributed by atoms with Gasteiger partial charge in [0.15, 0.2) is 0 Å². The number of rotatable bonds is 3. The van der Waals surface area contributed by atoms with Crippen molar-refractivity contribution < 1.29 is 0 Å². The average molecular weight is 390 g/mol. The van der Waals surface area contributed by atoms with Gasteiger partial charge in [-0.25, -0.2) is 0 Å². The molecule has 100 valence electrons. The molecule has 2 heteroatoms. The molecule has 0 bridgehead atoms. The minimum absolute atomic E-state index is 0.383. The van der Waals surface area contributed by atoms with E-state index in [-0.39, 0.29) is 0 Å². The summed E-state index contributed by atoms with van der Waals surface area (Å²) >= 11 is 0.924. The molecule has 0 radical (unpaired) electrons. The third-order valence-corrected chi connectivity index (χ3v) is 7.17. The first-order chi connectivity index (χ1) is 9.78. The molecule has 0 atom stereocenters. The Kier molecular flexibility index (Phi) is 4.29. The number of hydrogen-bond donors (Lipinski definition) is 0. The molecule has 3 aromatic rings. The molecule has 0 amide bonds. The summed E-state index contributed by atoms with van der Waals surface area (Å²) in [4.78, 5) is 0. The molecule has 0 aliphatic rings. The molecule has 0 unspecified atom stereocenters. The summed E-state index contributed by atoms with van der Waals surface area (Å²) in [6, 6.07) is 22.4. The second-order valence-electron chi connectivity index (χ2n) is 4.73. The van der Waals surface area contributed by atoms with Gasteiger partial charge in [0.25, 0.3) is 0 Å². The van der Waals surface area contributed by atoms with Crippen LogP contribution in [0, 0.1) is 6.92 Å². The van der Waals surface area contributed by atoms with Gasteiger partial charge in [0.2, 0.25) is 0 Å². The first-order valence-electron chi connectivity index (χ1n) is 6.58. The summed E-state index contributed by atoms with van der Waals surface area (Å²) in [6.07, 6.45) is 0. The molecular formula is C18H16Se2. The average Bonchev–Trinajstić information content (AvgIpc) is 2.49. The van der Waals surface area contributed by atoms with Gasteiger partial charge in [-0.3, -0.25) is 0 Å². The molecule has 0 fully saturated rings. The van der Waals surface area contributed by atoms with Crippen LogP contribution in [0.2, 0.25) is 5.82 Å². The van der Waals surface area contributed by atoms with Crippen LogP contribution in [0.4, 0.5) is 0 Å². The quantitative estimate of drug-likeness (QED) is 0.602. The molecule has 3 aromatic carbocycles. The predicted octanol–water partition coefficient (Wildman–Crippen LogP) is 2.18. The van der Waals surface area contributed by atoms with Gasteiger partial charge < -0.3 is 0 Å². The van der Waals surface area contributed by atoms with Gasteiger partial charge in [-0.2, -0.15) is 0 Å². The molecule has 0 saturated carbocycles. The Morgan fingerprint density at radius 1 is 0.750 bits per heavy atom. The van der Waals surface area contributed by atoms with Crippen molar-refractivity contribution in [2.24, 2.45) is 0 Å². The number of hydrogen-bond acceptors (Lipinski definition) is 0. The fourth-order valence-corrected chi connectivity index (χ4v) is 6.05. The Bertz CT molecular complexity index is 725. The van der Waals surface area contributed by atoms with Gasteiger partial charge in [-0.15, -0.1) is 0 Å². The van der Waals surface area contributed by atoms with E-state index in [4.69, 9.17) is 0 Å². The van der Waals surface area contributed by atoms with Crippen LogP contribution in [0.1, 0.15) is 5.56 Å². The SMILES string of the molecule is C[Se]c1cccc2cccc([Se]c3ccc(C)cc3)c12. The minimum atomic E-state index is 0.383. The van der Waals surface area contributed by atoms with E-state index in [1.165, 1.54) is 29.7 Å². The van der Waals surface area contributed by atoms with E-state index in [0.717, 1.165) is 0 Å². The third-order valence-electron chi connectivity index (χ3n) is 3.30. The van der Waals surface area contributed by atoms with Crippen molar-refractivity contribution in [2.75, 3.05) is 0 Å². The Balaban J connectivity index is 2.09. The Labute approximate surface area is 132 Å². The van der Waals surface area contributed by atoms with Gasteiger partial charge >= 0.3 is 133 Å². The van der Waals surface area contributed by atoms with Gasteiger partial charge in [-0.05, 0) is 0 Å². The topological polar surface area (TPSA) is 0 Å². The molecule has 0 spiro atoms. The van der Waals surface area contributed by atoms with Gasteiger partial charge in [-0.1, -0.05) is 0 Å². The van der Waals surface area contributed by atoms with E-state index >= 15 is 0 Å². The molecule has 20 heavy (non-hydrogen) atoms. The summed E-state index contributed by atoms with van der Waals surface area (Å²) in [5, 5.41) is 2.88. The molecule has 0 aliphatic carbocycles. The standard InChI is InChI=1S/C18H16Se2/c1-13-9-11-15(12-10-13)20-17-8-4-6-14-5-3-7-16(19-2)18(14)17/h3-12H,1-2H3. The van der Waals surface area contributed by atoms with Crippen molar-refractivity contribution in [3.63, 3.8) is 0 Å². The van der Waals surface area contributed by atoms with E-state index in [1.807, 2.05) is 0 Å². The van der Waals surface area contributed by atoms with Crippen molar-refractivity contribution in [1.82, 2.24) is 0 Å². The van der Waals surface area contributed by atoms with Crippen molar-refractivity contribution in [1.29, 1.82) is 0 Å². The summed E-state index contributed by atoms with van der Waals surface area (Å²) in [7, 11) is 0. The number of aryl methyl sites for hydroxylation is 1. The predicted molar refractivity (Wildman–Crippen MR) is 91.4 cm³/mol. The molecule has 0 nitrogen and oxygen atoms in total. The third kappa shape index (κ3) is 2.85. The summed E-state index contributed by atoms with van der Waals surface area (Å²) in [6.45, 7) is 2.15. The van der Waals surface area contributed by atoms with E-state index in [9.17, 15) is 0 Å². The molecule has 0 aliphatic heterocycles. The monoisotopic (exact) mass is 392 g/mol. The summed E-state index contributed by atoms with van der Waals surface area (Å²) in [5.74, 6) is 2.30. The summed E-state index contributed by atoms with van der Waals surface area (Å²) < 4.78 is 4.49. The number of fused-ring (bicyclic) bond motifs is 1. The van der Waals surface area contributed by atoms with Crippen molar-refractivity contribution in [2.45, 2.75) is 12.7 Å². The molecule has 0 heterocycles. The second-order valence-corrected chi connectivity index (χ2v) is 8.85. The van der Waals surface area contributed by atoms with E-state index in [0.29, 0.717) is 29.9 Å². The van der Waals surface area contributed by atoms with Crippen LogP contribution in [-0.2, 0) is 0 Å². The summed E-state index contributed by atoms with van der Waals surface area (Å²) in [5.41, 5.74) is 1.33. The van der Waals surface area contributed by atoms with Gasteiger partial charge in [0.1, 0.15) is 0 Å². The first-order valence-corrected chi connectivity index (χ1v) is 10.9. The fraction of sp³-hybridized carbons (Fsp3) is 0.111. The van der Waals surface area contributed by atoms with Crippen LogP contribution in [0.25, 0.3) is 10.8 Å². The van der Waals surface area contributed by atoms with Crippen LogP contribution < -0.4 is 13.4 Å². The van der Waals surface area contributed by atoms with Crippen molar-refractivity contribution >= 4 is 54.1 Å². The number of benzene rings is 3. The molecular weight excluding hydrogens is 374 g/mol. The van der Waals surface area contributed by atoms with Crippen molar-refractivity contribution in [3.05, 3.63) is 66.2 Å². The Morgan fingerprint density at radius 3 is 2.05 bits per heavy atom. The zero-order valence-corrected chi connectivity index (χ0v) is 15.0. The molecule has 0 N–H and O–H groups in total. The van der Waals surface area contributed by atoms with Gasteiger partial charge in [0, 0.05) is 0 Å². The van der Waals surface area contributed by atoms with E-state index in [2.05, 4.69) is 73.4 Å². The maximum atomic E-state index is 2.30. The second kappa shape index (κ2) is 6.16. The first kappa shape index (κ1) is 13.9. The van der Waals surface area contributed by atoms with Crippen LogP contribution in [0.5, 0.6) is 0 Å². The van der Waals surface area contributed by atoms with Crippen LogP contribution in [0.3, 0.4) is 0 Å². The maximum absolute atomic E-state index is 2.30. The normalized spacial score (nSPS) is 10.9.